The molecule has 0 aliphatic carbocycles. The van der Waals surface area contributed by atoms with E-state index in [1.807, 2.05) is 11.9 Å². The van der Waals surface area contributed by atoms with E-state index in [9.17, 15) is 18.8 Å². The van der Waals surface area contributed by atoms with Gasteiger partial charge in [-0.1, -0.05) is 0 Å². The quantitative estimate of drug-likeness (QED) is 0.824. The molecule has 0 spiro atoms. The highest BCUT2D eigenvalue weighted by atomic mass is 19.1. The van der Waals surface area contributed by atoms with E-state index < -0.39 is 6.04 Å². The first kappa shape index (κ1) is 19.7. The molecule has 1 unspecified atom stereocenters. The molecule has 1 aromatic carbocycles. The minimum Gasteiger partial charge on any atom is -0.374 e. The largest absolute Gasteiger partial charge is 0.374 e. The van der Waals surface area contributed by atoms with Gasteiger partial charge in [0.2, 0.25) is 17.7 Å². The molecule has 1 atom stereocenters. The number of amides is 3. The van der Waals surface area contributed by atoms with Gasteiger partial charge in [0.1, 0.15) is 11.9 Å². The van der Waals surface area contributed by atoms with Crippen molar-refractivity contribution in [1.29, 1.82) is 0 Å². The topological polar surface area (TPSA) is 73.0 Å². The molecular formula is C18H25FN4O3. The Balaban J connectivity index is 1.93. The number of likely N-dealkylation sites (N-methyl/N-ethyl adjacent to an activating group) is 1. The van der Waals surface area contributed by atoms with Crippen molar-refractivity contribution < 1.29 is 18.8 Å². The maximum Gasteiger partial charge on any atom is 0.244 e. The van der Waals surface area contributed by atoms with Crippen molar-refractivity contribution >= 4 is 23.4 Å². The van der Waals surface area contributed by atoms with Crippen molar-refractivity contribution in [3.8, 4) is 0 Å². The monoisotopic (exact) mass is 364 g/mol. The van der Waals surface area contributed by atoms with Gasteiger partial charge in [-0.2, -0.15) is 0 Å². The number of anilines is 1. The lowest BCUT2D eigenvalue weighted by molar-refractivity contribution is -0.147. The van der Waals surface area contributed by atoms with Gasteiger partial charge in [0.25, 0.3) is 0 Å². The summed E-state index contributed by atoms with van der Waals surface area (Å²) in [5, 5.41) is 2.55. The molecule has 142 valence electrons. The third-order valence-electron chi connectivity index (χ3n) is 4.62. The molecule has 1 fully saturated rings. The third kappa shape index (κ3) is 4.71. The molecule has 1 aromatic rings. The number of nitrogens with one attached hydrogen (secondary N) is 1. The molecule has 8 heteroatoms. The number of carbonyl (C=O) groups is 3. The zero-order valence-corrected chi connectivity index (χ0v) is 15.4. The average Bonchev–Trinajstić information content (AvgIpc) is 2.65. The number of hydrogen-bond donors (Lipinski definition) is 1. The summed E-state index contributed by atoms with van der Waals surface area (Å²) in [7, 11) is 3.35. The number of rotatable bonds is 5. The number of benzene rings is 1. The van der Waals surface area contributed by atoms with Crippen LogP contribution in [0.1, 0.15) is 13.3 Å². The van der Waals surface area contributed by atoms with Crippen molar-refractivity contribution in [2.75, 3.05) is 45.2 Å². The minimum absolute atomic E-state index is 0.0731. The lowest BCUT2D eigenvalue weighted by Crippen LogP contribution is -2.61. The van der Waals surface area contributed by atoms with Crippen molar-refractivity contribution in [1.82, 2.24) is 15.1 Å². The Kier molecular flexibility index (Phi) is 6.54. The van der Waals surface area contributed by atoms with Crippen LogP contribution >= 0.6 is 0 Å². The van der Waals surface area contributed by atoms with E-state index in [0.717, 1.165) is 5.69 Å². The van der Waals surface area contributed by atoms with Crippen LogP contribution in [0, 0.1) is 5.82 Å². The lowest BCUT2D eigenvalue weighted by atomic mass is 10.1. The average molecular weight is 364 g/mol. The van der Waals surface area contributed by atoms with Gasteiger partial charge < -0.3 is 20.0 Å². The van der Waals surface area contributed by atoms with Gasteiger partial charge in [0.05, 0.1) is 6.54 Å². The van der Waals surface area contributed by atoms with E-state index in [-0.39, 0.29) is 36.5 Å². The van der Waals surface area contributed by atoms with Gasteiger partial charge in [0, 0.05) is 52.8 Å². The smallest absolute Gasteiger partial charge is 0.244 e. The Morgan fingerprint density at radius 2 is 1.88 bits per heavy atom. The predicted molar refractivity (Wildman–Crippen MR) is 96.1 cm³/mol. The summed E-state index contributed by atoms with van der Waals surface area (Å²) in [6, 6.07) is 5.41. The maximum absolute atomic E-state index is 13.0. The molecule has 1 aliphatic rings. The summed E-state index contributed by atoms with van der Waals surface area (Å²) >= 11 is 0. The Labute approximate surface area is 152 Å². The van der Waals surface area contributed by atoms with Crippen LogP contribution in [-0.4, -0.2) is 73.8 Å². The van der Waals surface area contributed by atoms with Crippen LogP contribution < -0.4 is 10.2 Å². The van der Waals surface area contributed by atoms with Gasteiger partial charge in [-0.15, -0.1) is 0 Å². The second-order valence-corrected chi connectivity index (χ2v) is 6.33. The highest BCUT2D eigenvalue weighted by molar-refractivity contribution is 5.88. The summed E-state index contributed by atoms with van der Waals surface area (Å²) < 4.78 is 13.0. The molecular weight excluding hydrogens is 339 g/mol. The Hall–Kier alpha value is -2.64. The third-order valence-corrected chi connectivity index (χ3v) is 4.62. The van der Waals surface area contributed by atoms with Gasteiger partial charge in [-0.25, -0.2) is 4.39 Å². The van der Waals surface area contributed by atoms with Crippen molar-refractivity contribution in [2.45, 2.75) is 19.4 Å². The summed E-state index contributed by atoms with van der Waals surface area (Å²) in [5.74, 6) is -0.833. The fraction of sp³-hybridized carbons (Fsp3) is 0.500. The van der Waals surface area contributed by atoms with Gasteiger partial charge in [-0.05, 0) is 24.3 Å². The van der Waals surface area contributed by atoms with Crippen molar-refractivity contribution in [3.05, 3.63) is 30.1 Å². The van der Waals surface area contributed by atoms with E-state index in [1.165, 1.54) is 31.0 Å². The Morgan fingerprint density at radius 3 is 2.46 bits per heavy atom. The molecule has 0 aromatic heterocycles. The van der Waals surface area contributed by atoms with Crippen LogP contribution in [0.5, 0.6) is 0 Å². The summed E-state index contributed by atoms with van der Waals surface area (Å²) in [6.07, 6.45) is 0.272. The molecule has 0 saturated carbocycles. The molecule has 2 rings (SSSR count). The second-order valence-electron chi connectivity index (χ2n) is 6.33. The fourth-order valence-corrected chi connectivity index (χ4v) is 3.02. The molecule has 0 bridgehead atoms. The standard InChI is InChI=1S/C18H25FN4O3/c1-13(24)23-11-10-22(12-16(23)18(26)20-2)17(25)8-9-21(3)15-6-4-14(19)5-7-15/h4-7,16H,8-12H2,1-3H3,(H,20,26). The summed E-state index contributed by atoms with van der Waals surface area (Å²) in [4.78, 5) is 41.3. The lowest BCUT2D eigenvalue weighted by Gasteiger charge is -2.40. The first-order valence-corrected chi connectivity index (χ1v) is 8.56. The number of hydrogen-bond acceptors (Lipinski definition) is 4. The molecule has 3 amide bonds. The van der Waals surface area contributed by atoms with Gasteiger partial charge >= 0.3 is 0 Å². The van der Waals surface area contributed by atoms with Crippen LogP contribution in [-0.2, 0) is 14.4 Å². The normalized spacial score (nSPS) is 17.0. The zero-order valence-electron chi connectivity index (χ0n) is 15.4. The first-order valence-electron chi connectivity index (χ1n) is 8.56. The minimum atomic E-state index is -0.662. The highest BCUT2D eigenvalue weighted by Gasteiger charge is 2.35. The molecule has 7 nitrogen and oxygen atoms in total. The van der Waals surface area contributed by atoms with Crippen molar-refractivity contribution in [3.63, 3.8) is 0 Å². The first-order chi connectivity index (χ1) is 12.3. The molecule has 1 saturated heterocycles. The highest BCUT2D eigenvalue weighted by Crippen LogP contribution is 2.15. The van der Waals surface area contributed by atoms with E-state index in [2.05, 4.69) is 5.32 Å². The number of carbonyl (C=O) groups excluding carboxylic acids is 3. The molecule has 26 heavy (non-hydrogen) atoms. The molecule has 1 heterocycles. The van der Waals surface area contributed by atoms with Crippen molar-refractivity contribution in [2.24, 2.45) is 0 Å². The van der Waals surface area contributed by atoms with Crippen LogP contribution in [0.15, 0.2) is 24.3 Å². The van der Waals surface area contributed by atoms with E-state index >= 15 is 0 Å². The Bertz CT molecular complexity index is 665. The van der Waals surface area contributed by atoms with E-state index in [0.29, 0.717) is 19.6 Å². The number of nitrogens with zero attached hydrogens (tertiary/aromatic N) is 3. The summed E-state index contributed by atoms with van der Waals surface area (Å²) in [5.41, 5.74) is 0.823. The summed E-state index contributed by atoms with van der Waals surface area (Å²) in [6.45, 7) is 2.84. The van der Waals surface area contributed by atoms with Crippen LogP contribution in [0.2, 0.25) is 0 Å². The number of piperazine rings is 1. The molecule has 1 aliphatic heterocycles. The van der Waals surface area contributed by atoms with Crippen LogP contribution in [0.4, 0.5) is 10.1 Å². The molecule has 0 radical (unpaired) electrons. The number of halogens is 1. The SMILES string of the molecule is CNC(=O)C1CN(C(=O)CCN(C)c2ccc(F)cc2)CCN1C(C)=O. The fourth-order valence-electron chi connectivity index (χ4n) is 3.02. The maximum atomic E-state index is 13.0. The predicted octanol–water partition coefficient (Wildman–Crippen LogP) is 0.457. The van der Waals surface area contributed by atoms with Gasteiger partial charge in [-0.3, -0.25) is 14.4 Å². The van der Waals surface area contributed by atoms with E-state index in [4.69, 9.17) is 0 Å². The van der Waals surface area contributed by atoms with Crippen LogP contribution in [0.25, 0.3) is 0 Å². The van der Waals surface area contributed by atoms with Crippen LogP contribution in [0.3, 0.4) is 0 Å². The van der Waals surface area contributed by atoms with E-state index in [1.54, 1.807) is 17.0 Å². The molecule has 1 N–H and O–H groups in total. The zero-order chi connectivity index (χ0) is 19.3. The van der Waals surface area contributed by atoms with Gasteiger partial charge in [0.15, 0.2) is 0 Å². The second kappa shape index (κ2) is 8.64. The Morgan fingerprint density at radius 1 is 1.23 bits per heavy atom.